The van der Waals surface area contributed by atoms with E-state index in [9.17, 15) is 9.59 Å². The fraction of sp³-hybridized carbons (Fsp3) is 0.556. The molecule has 1 aliphatic heterocycles. The van der Waals surface area contributed by atoms with E-state index in [0.29, 0.717) is 19.4 Å². The molecule has 1 fully saturated rings. The molecule has 3 amide bonds. The highest BCUT2D eigenvalue weighted by molar-refractivity contribution is 6.03. The van der Waals surface area contributed by atoms with Gasteiger partial charge >= 0.3 is 6.03 Å². The number of nitrogens with one attached hydrogen (secondary N) is 1. The monoisotopic (exact) mass is 180 g/mol. The molecule has 70 valence electrons. The molecule has 0 aromatic heterocycles. The summed E-state index contributed by atoms with van der Waals surface area (Å²) in [5.74, 6) is 2.30. The van der Waals surface area contributed by atoms with Crippen LogP contribution in [0.3, 0.4) is 0 Å². The molecule has 0 aromatic carbocycles. The minimum atomic E-state index is -0.390. The minimum Gasteiger partial charge on any atom is -0.326 e. The molecule has 1 N–H and O–H groups in total. The van der Waals surface area contributed by atoms with Gasteiger partial charge in [-0.05, 0) is 13.3 Å². The van der Waals surface area contributed by atoms with Crippen molar-refractivity contribution in [3.63, 3.8) is 0 Å². The molecule has 13 heavy (non-hydrogen) atoms. The van der Waals surface area contributed by atoms with Gasteiger partial charge < -0.3 is 5.32 Å². The molecule has 0 bridgehead atoms. The molecule has 1 saturated heterocycles. The Hall–Kier alpha value is -1.50. The summed E-state index contributed by atoms with van der Waals surface area (Å²) in [6.45, 7) is 2.08. The average Bonchev–Trinajstić information content (AvgIpc) is 2.32. The van der Waals surface area contributed by atoms with Gasteiger partial charge in [0.05, 0.1) is 0 Å². The van der Waals surface area contributed by atoms with Gasteiger partial charge in [-0.25, -0.2) is 4.79 Å². The SMILES string of the molecule is C#CCCCN1C(=O)N[C@@H](C)C1=O. The summed E-state index contributed by atoms with van der Waals surface area (Å²) in [4.78, 5) is 23.6. The summed E-state index contributed by atoms with van der Waals surface area (Å²) < 4.78 is 0. The first-order chi connectivity index (χ1) is 6.16. The molecule has 1 atom stereocenters. The number of carbonyl (C=O) groups is 2. The Morgan fingerprint density at radius 3 is 2.77 bits per heavy atom. The van der Waals surface area contributed by atoms with Gasteiger partial charge in [0.1, 0.15) is 6.04 Å². The van der Waals surface area contributed by atoms with E-state index in [1.807, 2.05) is 0 Å². The average molecular weight is 180 g/mol. The van der Waals surface area contributed by atoms with Crippen molar-refractivity contribution in [2.24, 2.45) is 0 Å². The van der Waals surface area contributed by atoms with E-state index in [2.05, 4.69) is 11.2 Å². The third-order valence-electron chi connectivity index (χ3n) is 1.92. The molecule has 4 nitrogen and oxygen atoms in total. The topological polar surface area (TPSA) is 49.4 Å². The molecule has 1 heterocycles. The second-order valence-electron chi connectivity index (χ2n) is 2.97. The van der Waals surface area contributed by atoms with Crippen LogP contribution in [0.2, 0.25) is 0 Å². The van der Waals surface area contributed by atoms with Gasteiger partial charge in [-0.1, -0.05) is 0 Å². The Morgan fingerprint density at radius 2 is 2.31 bits per heavy atom. The number of carbonyl (C=O) groups excluding carboxylic acids is 2. The first-order valence-corrected chi connectivity index (χ1v) is 4.22. The molecular formula is C9H12N2O2. The zero-order chi connectivity index (χ0) is 9.84. The van der Waals surface area contributed by atoms with Crippen LogP contribution in [0.15, 0.2) is 0 Å². The first-order valence-electron chi connectivity index (χ1n) is 4.22. The van der Waals surface area contributed by atoms with E-state index >= 15 is 0 Å². The van der Waals surface area contributed by atoms with Gasteiger partial charge in [0.2, 0.25) is 0 Å². The van der Waals surface area contributed by atoms with Gasteiger partial charge in [-0.15, -0.1) is 12.3 Å². The lowest BCUT2D eigenvalue weighted by atomic mass is 10.3. The zero-order valence-electron chi connectivity index (χ0n) is 7.54. The number of urea groups is 1. The Bertz CT molecular complexity index is 267. The molecule has 1 rings (SSSR count). The number of terminal acetylenes is 1. The Balaban J connectivity index is 2.46. The van der Waals surface area contributed by atoms with E-state index < -0.39 is 6.04 Å². The lowest BCUT2D eigenvalue weighted by molar-refractivity contribution is -0.127. The number of amides is 3. The highest BCUT2D eigenvalue weighted by atomic mass is 16.2. The maximum atomic E-state index is 11.3. The molecule has 0 unspecified atom stereocenters. The molecule has 0 aromatic rings. The van der Waals surface area contributed by atoms with E-state index in [1.54, 1.807) is 6.92 Å². The lowest BCUT2D eigenvalue weighted by Crippen LogP contribution is -2.32. The van der Waals surface area contributed by atoms with Crippen molar-refractivity contribution in [2.75, 3.05) is 6.54 Å². The molecule has 0 saturated carbocycles. The third kappa shape index (κ3) is 2.00. The number of rotatable bonds is 3. The van der Waals surface area contributed by atoms with Gasteiger partial charge in [0.25, 0.3) is 5.91 Å². The predicted octanol–water partition coefficient (Wildman–Crippen LogP) is 0.340. The first kappa shape index (κ1) is 9.59. The third-order valence-corrected chi connectivity index (χ3v) is 1.92. The summed E-state index contributed by atoms with van der Waals surface area (Å²) in [5, 5.41) is 2.53. The van der Waals surface area contributed by atoms with Crippen LogP contribution < -0.4 is 5.32 Å². The summed E-state index contributed by atoms with van der Waals surface area (Å²) in [6.07, 6.45) is 6.31. The van der Waals surface area contributed by atoms with E-state index in [0.717, 1.165) is 0 Å². The van der Waals surface area contributed by atoms with Gasteiger partial charge in [0.15, 0.2) is 0 Å². The highest BCUT2D eigenvalue weighted by Crippen LogP contribution is 2.06. The van der Waals surface area contributed by atoms with Gasteiger partial charge in [0, 0.05) is 13.0 Å². The van der Waals surface area contributed by atoms with Crippen LogP contribution in [0.5, 0.6) is 0 Å². The van der Waals surface area contributed by atoms with Crippen molar-refractivity contribution in [1.82, 2.24) is 10.2 Å². The van der Waals surface area contributed by atoms with Gasteiger partial charge in [-0.3, -0.25) is 9.69 Å². The predicted molar refractivity (Wildman–Crippen MR) is 47.8 cm³/mol. The van der Waals surface area contributed by atoms with Crippen molar-refractivity contribution in [1.29, 1.82) is 0 Å². The van der Waals surface area contributed by atoms with Crippen molar-refractivity contribution < 1.29 is 9.59 Å². The summed E-state index contributed by atoms with van der Waals surface area (Å²) >= 11 is 0. The molecule has 0 aliphatic carbocycles. The van der Waals surface area contributed by atoms with E-state index in [-0.39, 0.29) is 11.9 Å². The van der Waals surface area contributed by atoms with E-state index in [1.165, 1.54) is 4.90 Å². The molecule has 4 heteroatoms. The second-order valence-corrected chi connectivity index (χ2v) is 2.97. The second kappa shape index (κ2) is 3.94. The van der Waals surface area contributed by atoms with Crippen LogP contribution in [0, 0.1) is 12.3 Å². The van der Waals surface area contributed by atoms with Crippen LogP contribution in [-0.4, -0.2) is 29.4 Å². The normalized spacial score (nSPS) is 21.5. The van der Waals surface area contributed by atoms with Crippen LogP contribution in [0.25, 0.3) is 0 Å². The smallest absolute Gasteiger partial charge is 0.324 e. The summed E-state index contributed by atoms with van der Waals surface area (Å²) in [6, 6.07) is -0.701. The number of nitrogens with zero attached hydrogens (tertiary/aromatic N) is 1. The number of hydrogen-bond acceptors (Lipinski definition) is 2. The Labute approximate surface area is 77.3 Å². The molecular weight excluding hydrogens is 168 g/mol. The number of hydrogen-bond donors (Lipinski definition) is 1. The fourth-order valence-electron chi connectivity index (χ4n) is 1.21. The Kier molecular flexibility index (Phi) is 2.91. The van der Waals surface area contributed by atoms with Crippen molar-refractivity contribution in [3.8, 4) is 12.3 Å². The zero-order valence-corrected chi connectivity index (χ0v) is 7.54. The molecule has 0 radical (unpaired) electrons. The van der Waals surface area contributed by atoms with Crippen LogP contribution >= 0.6 is 0 Å². The summed E-state index contributed by atoms with van der Waals surface area (Å²) in [7, 11) is 0. The molecule has 0 spiro atoms. The quantitative estimate of drug-likeness (QED) is 0.387. The highest BCUT2D eigenvalue weighted by Gasteiger charge is 2.33. The van der Waals surface area contributed by atoms with Crippen LogP contribution in [0.4, 0.5) is 4.79 Å². The summed E-state index contributed by atoms with van der Waals surface area (Å²) in [5.41, 5.74) is 0. The maximum Gasteiger partial charge on any atom is 0.324 e. The van der Waals surface area contributed by atoms with E-state index in [4.69, 9.17) is 6.42 Å². The van der Waals surface area contributed by atoms with Crippen molar-refractivity contribution in [2.45, 2.75) is 25.8 Å². The number of unbranched alkanes of at least 4 members (excludes halogenated alkanes) is 1. The Morgan fingerprint density at radius 1 is 1.62 bits per heavy atom. The lowest BCUT2D eigenvalue weighted by Gasteiger charge is -2.10. The fourth-order valence-corrected chi connectivity index (χ4v) is 1.21. The molecule has 1 aliphatic rings. The van der Waals surface area contributed by atoms with Crippen LogP contribution in [-0.2, 0) is 4.79 Å². The minimum absolute atomic E-state index is 0.165. The number of imide groups is 1. The van der Waals surface area contributed by atoms with Crippen molar-refractivity contribution >= 4 is 11.9 Å². The van der Waals surface area contributed by atoms with Crippen molar-refractivity contribution in [3.05, 3.63) is 0 Å². The van der Waals surface area contributed by atoms with Gasteiger partial charge in [-0.2, -0.15) is 0 Å². The van der Waals surface area contributed by atoms with Crippen LogP contribution in [0.1, 0.15) is 19.8 Å². The maximum absolute atomic E-state index is 11.3. The largest absolute Gasteiger partial charge is 0.326 e. The standard InChI is InChI=1S/C9H12N2O2/c1-3-4-5-6-11-8(12)7(2)10-9(11)13/h1,7H,4-6H2,2H3,(H,10,13)/t7-/m0/s1.